The molecular formula is C29H28N4O5. The highest BCUT2D eigenvalue weighted by Gasteiger charge is 2.23. The van der Waals surface area contributed by atoms with Gasteiger partial charge in [-0.15, -0.1) is 0 Å². The summed E-state index contributed by atoms with van der Waals surface area (Å²) < 4.78 is 10.8. The van der Waals surface area contributed by atoms with Crippen LogP contribution in [0.4, 0.5) is 11.4 Å². The van der Waals surface area contributed by atoms with Gasteiger partial charge in [0.1, 0.15) is 16.9 Å². The van der Waals surface area contributed by atoms with Gasteiger partial charge < -0.3 is 24.1 Å². The van der Waals surface area contributed by atoms with E-state index in [2.05, 4.69) is 27.5 Å². The van der Waals surface area contributed by atoms with Gasteiger partial charge >= 0.3 is 0 Å². The van der Waals surface area contributed by atoms with Crippen LogP contribution in [0.1, 0.15) is 46.1 Å². The largest absolute Gasteiger partial charge is 0.451 e. The molecule has 3 heterocycles. The summed E-state index contributed by atoms with van der Waals surface area (Å²) in [5, 5.41) is 6.99. The van der Waals surface area contributed by atoms with E-state index in [4.69, 9.17) is 8.94 Å². The molecule has 1 N–H and O–H groups in total. The SMILES string of the molecule is CC(=O)c1oc2ccc(/C(C)=C\C(=O)N3CCN(c4ccccc4)CC3)cc2c1NC(=O)c1cnoc1C. The fourth-order valence-electron chi connectivity index (χ4n) is 4.60. The van der Waals surface area contributed by atoms with Gasteiger partial charge in [0, 0.05) is 50.3 Å². The van der Waals surface area contributed by atoms with Crippen LogP contribution in [0.25, 0.3) is 16.5 Å². The average Bonchev–Trinajstić information content (AvgIpc) is 3.52. The van der Waals surface area contributed by atoms with Crippen molar-refractivity contribution < 1.29 is 23.3 Å². The number of allylic oxidation sites excluding steroid dienone is 1. The van der Waals surface area contributed by atoms with Crippen LogP contribution < -0.4 is 10.2 Å². The van der Waals surface area contributed by atoms with E-state index in [9.17, 15) is 14.4 Å². The summed E-state index contributed by atoms with van der Waals surface area (Å²) in [6.45, 7) is 7.69. The van der Waals surface area contributed by atoms with Crippen molar-refractivity contribution in [1.29, 1.82) is 0 Å². The number of benzene rings is 2. The van der Waals surface area contributed by atoms with Crippen molar-refractivity contribution in [3.63, 3.8) is 0 Å². The van der Waals surface area contributed by atoms with Gasteiger partial charge in [0.25, 0.3) is 5.91 Å². The van der Waals surface area contributed by atoms with Gasteiger partial charge in [0.15, 0.2) is 11.5 Å². The standard InChI is InChI=1S/C29H28N4O5/c1-18(15-26(35)33-13-11-32(12-14-33)22-7-5-4-6-8-22)21-9-10-25-23(16-21)27(28(37-25)19(2)34)31-29(36)24-17-30-38-20(24)3/h4-10,15-17H,11-14H2,1-3H3,(H,31,36)/b18-15-. The summed E-state index contributed by atoms with van der Waals surface area (Å²) >= 11 is 0. The molecule has 2 aromatic carbocycles. The Kier molecular flexibility index (Phi) is 6.83. The molecule has 5 rings (SSSR count). The molecule has 1 fully saturated rings. The molecule has 2 amide bonds. The lowest BCUT2D eigenvalue weighted by atomic mass is 10.0. The first kappa shape index (κ1) is 25.0. The second-order valence-corrected chi connectivity index (χ2v) is 9.30. The first-order valence-corrected chi connectivity index (χ1v) is 12.4. The van der Waals surface area contributed by atoms with E-state index in [1.165, 1.54) is 13.1 Å². The fourth-order valence-corrected chi connectivity index (χ4v) is 4.60. The molecule has 0 aliphatic carbocycles. The number of hydrogen-bond donors (Lipinski definition) is 1. The number of carbonyl (C=O) groups is 3. The number of amides is 2. The molecular weight excluding hydrogens is 484 g/mol. The maximum atomic E-state index is 13.1. The number of nitrogens with one attached hydrogen (secondary N) is 1. The van der Waals surface area contributed by atoms with E-state index < -0.39 is 5.91 Å². The molecule has 4 aromatic rings. The van der Waals surface area contributed by atoms with Gasteiger partial charge in [-0.1, -0.05) is 29.4 Å². The summed E-state index contributed by atoms with van der Waals surface area (Å²) in [7, 11) is 0. The van der Waals surface area contributed by atoms with E-state index in [1.807, 2.05) is 42.2 Å². The number of anilines is 2. The zero-order chi connectivity index (χ0) is 26.8. The third-order valence-corrected chi connectivity index (χ3v) is 6.75. The van der Waals surface area contributed by atoms with Gasteiger partial charge in [-0.3, -0.25) is 14.4 Å². The molecule has 9 nitrogen and oxygen atoms in total. The van der Waals surface area contributed by atoms with Crippen LogP contribution in [-0.4, -0.2) is 53.8 Å². The molecule has 0 saturated carbocycles. The summed E-state index contributed by atoms with van der Waals surface area (Å²) in [4.78, 5) is 42.3. The first-order valence-electron chi connectivity index (χ1n) is 12.4. The Labute approximate surface area is 219 Å². The number of aryl methyl sites for hydroxylation is 1. The number of aromatic nitrogens is 1. The second kappa shape index (κ2) is 10.4. The Bertz CT molecular complexity index is 1540. The lowest BCUT2D eigenvalue weighted by molar-refractivity contribution is -0.126. The maximum Gasteiger partial charge on any atom is 0.261 e. The molecule has 0 unspecified atom stereocenters. The molecule has 1 aliphatic heterocycles. The van der Waals surface area contributed by atoms with Crippen molar-refractivity contribution in [1.82, 2.24) is 10.1 Å². The topological polar surface area (TPSA) is 109 Å². The Balaban J connectivity index is 1.36. The highest BCUT2D eigenvalue weighted by atomic mass is 16.5. The van der Waals surface area contributed by atoms with E-state index in [-0.39, 0.29) is 28.7 Å². The molecule has 38 heavy (non-hydrogen) atoms. The molecule has 1 aliphatic rings. The maximum absolute atomic E-state index is 13.1. The van der Waals surface area contributed by atoms with Crippen molar-refractivity contribution in [2.75, 3.05) is 36.4 Å². The Morgan fingerprint density at radius 1 is 1.00 bits per heavy atom. The van der Waals surface area contributed by atoms with E-state index in [0.29, 0.717) is 29.8 Å². The number of nitrogens with zero attached hydrogens (tertiary/aromatic N) is 3. The minimum atomic E-state index is -0.462. The van der Waals surface area contributed by atoms with Gasteiger partial charge in [0.05, 0.1) is 11.9 Å². The molecule has 0 bridgehead atoms. The minimum Gasteiger partial charge on any atom is -0.451 e. The van der Waals surface area contributed by atoms with Crippen molar-refractivity contribution in [3.05, 3.63) is 83.5 Å². The lowest BCUT2D eigenvalue weighted by Gasteiger charge is -2.35. The number of carbonyl (C=O) groups excluding carboxylic acids is 3. The fraction of sp³-hybridized carbons (Fsp3) is 0.241. The molecule has 9 heteroatoms. The van der Waals surface area contributed by atoms with Crippen molar-refractivity contribution in [2.45, 2.75) is 20.8 Å². The average molecular weight is 513 g/mol. The number of Topliss-reactive ketones (excluding diaryl/α,β-unsaturated/α-hetero) is 1. The van der Waals surface area contributed by atoms with Crippen LogP contribution in [-0.2, 0) is 4.79 Å². The predicted molar refractivity (Wildman–Crippen MR) is 144 cm³/mol. The third kappa shape index (κ3) is 4.95. The van der Waals surface area contributed by atoms with E-state index in [1.54, 1.807) is 19.1 Å². The lowest BCUT2D eigenvalue weighted by Crippen LogP contribution is -2.48. The Hall–Kier alpha value is -4.66. The molecule has 1 saturated heterocycles. The quantitative estimate of drug-likeness (QED) is 0.288. The van der Waals surface area contributed by atoms with Gasteiger partial charge in [-0.05, 0) is 49.2 Å². The number of furan rings is 1. The van der Waals surface area contributed by atoms with Crippen LogP contribution in [0.3, 0.4) is 0 Å². The highest BCUT2D eigenvalue weighted by Crippen LogP contribution is 2.34. The van der Waals surface area contributed by atoms with Crippen LogP contribution in [0.2, 0.25) is 0 Å². The van der Waals surface area contributed by atoms with E-state index >= 15 is 0 Å². The molecule has 2 aromatic heterocycles. The Morgan fingerprint density at radius 3 is 2.39 bits per heavy atom. The smallest absolute Gasteiger partial charge is 0.261 e. The number of para-hydroxylation sites is 1. The van der Waals surface area contributed by atoms with Crippen LogP contribution >= 0.6 is 0 Å². The zero-order valence-corrected chi connectivity index (χ0v) is 21.5. The van der Waals surface area contributed by atoms with E-state index in [0.717, 1.165) is 29.9 Å². The van der Waals surface area contributed by atoms with Crippen LogP contribution in [0.15, 0.2) is 69.7 Å². The summed E-state index contributed by atoms with van der Waals surface area (Å²) in [5.41, 5.74) is 3.69. The summed E-state index contributed by atoms with van der Waals surface area (Å²) in [6, 6.07) is 15.6. The molecule has 0 atom stereocenters. The third-order valence-electron chi connectivity index (χ3n) is 6.75. The highest BCUT2D eigenvalue weighted by molar-refractivity contribution is 6.15. The van der Waals surface area contributed by atoms with Gasteiger partial charge in [-0.2, -0.15) is 0 Å². The second-order valence-electron chi connectivity index (χ2n) is 9.30. The first-order chi connectivity index (χ1) is 18.3. The van der Waals surface area contributed by atoms with Crippen molar-refractivity contribution in [2.24, 2.45) is 0 Å². The summed E-state index contributed by atoms with van der Waals surface area (Å²) in [6.07, 6.45) is 2.95. The predicted octanol–water partition coefficient (Wildman–Crippen LogP) is 4.94. The number of fused-ring (bicyclic) bond motifs is 1. The normalized spacial score (nSPS) is 14.1. The van der Waals surface area contributed by atoms with Crippen LogP contribution in [0, 0.1) is 6.92 Å². The zero-order valence-electron chi connectivity index (χ0n) is 21.5. The Morgan fingerprint density at radius 2 is 1.74 bits per heavy atom. The van der Waals surface area contributed by atoms with Crippen molar-refractivity contribution >= 4 is 45.5 Å². The molecule has 194 valence electrons. The minimum absolute atomic E-state index is 0.0496. The monoisotopic (exact) mass is 512 g/mol. The number of hydrogen-bond acceptors (Lipinski definition) is 7. The molecule has 0 radical (unpaired) electrons. The van der Waals surface area contributed by atoms with Gasteiger partial charge in [-0.25, -0.2) is 0 Å². The van der Waals surface area contributed by atoms with Crippen molar-refractivity contribution in [3.8, 4) is 0 Å². The van der Waals surface area contributed by atoms with Gasteiger partial charge in [0.2, 0.25) is 5.91 Å². The van der Waals surface area contributed by atoms with Crippen LogP contribution in [0.5, 0.6) is 0 Å². The number of piperazine rings is 1. The summed E-state index contributed by atoms with van der Waals surface area (Å²) in [5.74, 6) is -0.423. The number of ketones is 1. The number of rotatable bonds is 6. The molecule has 0 spiro atoms.